The van der Waals surface area contributed by atoms with Crippen LogP contribution in [0.3, 0.4) is 0 Å². The standard InChI is InChI=1S/C7H8ClNS/c1-5(8)3-7-6(2)9-4-10-7/h4H,1,3H2,2H3. The van der Waals surface area contributed by atoms with Crippen molar-refractivity contribution >= 4 is 22.9 Å². The number of allylic oxidation sites excluding steroid dienone is 1. The molecule has 0 unspecified atom stereocenters. The van der Waals surface area contributed by atoms with Gasteiger partial charge in [-0.1, -0.05) is 18.2 Å². The fourth-order valence-corrected chi connectivity index (χ4v) is 1.70. The van der Waals surface area contributed by atoms with Crippen LogP contribution in [0.4, 0.5) is 0 Å². The van der Waals surface area contributed by atoms with E-state index in [4.69, 9.17) is 11.6 Å². The van der Waals surface area contributed by atoms with Crippen molar-refractivity contribution in [3.63, 3.8) is 0 Å². The second-order valence-electron chi connectivity index (χ2n) is 2.05. The van der Waals surface area contributed by atoms with E-state index in [0.29, 0.717) is 5.03 Å². The smallest absolute Gasteiger partial charge is 0.0797 e. The Labute approximate surface area is 69.4 Å². The largest absolute Gasteiger partial charge is 0.250 e. The van der Waals surface area contributed by atoms with Crippen molar-refractivity contribution < 1.29 is 0 Å². The molecular formula is C7H8ClNS. The first-order valence-electron chi connectivity index (χ1n) is 2.92. The molecule has 0 aromatic carbocycles. The third-order valence-electron chi connectivity index (χ3n) is 1.20. The van der Waals surface area contributed by atoms with Gasteiger partial charge in [0, 0.05) is 16.3 Å². The summed E-state index contributed by atoms with van der Waals surface area (Å²) in [5, 5.41) is 0.673. The zero-order valence-electron chi connectivity index (χ0n) is 5.72. The van der Waals surface area contributed by atoms with Crippen molar-refractivity contribution in [2.24, 2.45) is 0 Å². The molecule has 10 heavy (non-hydrogen) atoms. The number of thiazole rings is 1. The number of aryl methyl sites for hydroxylation is 1. The fourth-order valence-electron chi connectivity index (χ4n) is 0.670. The molecule has 0 aliphatic rings. The van der Waals surface area contributed by atoms with Gasteiger partial charge in [0.05, 0.1) is 11.2 Å². The van der Waals surface area contributed by atoms with Crippen LogP contribution in [0.15, 0.2) is 17.1 Å². The molecule has 0 aliphatic heterocycles. The van der Waals surface area contributed by atoms with Crippen LogP contribution in [0, 0.1) is 6.92 Å². The highest BCUT2D eigenvalue weighted by Crippen LogP contribution is 2.17. The molecule has 1 nitrogen and oxygen atoms in total. The summed E-state index contributed by atoms with van der Waals surface area (Å²) < 4.78 is 0. The number of halogens is 1. The minimum atomic E-state index is 0.673. The summed E-state index contributed by atoms with van der Waals surface area (Å²) in [6, 6.07) is 0. The van der Waals surface area contributed by atoms with Gasteiger partial charge in [0.1, 0.15) is 0 Å². The Hall–Kier alpha value is -0.340. The first-order chi connectivity index (χ1) is 4.70. The zero-order valence-corrected chi connectivity index (χ0v) is 7.30. The van der Waals surface area contributed by atoms with Crippen LogP contribution >= 0.6 is 22.9 Å². The second-order valence-corrected chi connectivity index (χ2v) is 3.53. The van der Waals surface area contributed by atoms with Crippen molar-refractivity contribution in [1.29, 1.82) is 0 Å². The molecule has 1 aromatic rings. The minimum Gasteiger partial charge on any atom is -0.250 e. The molecule has 1 aromatic heterocycles. The summed E-state index contributed by atoms with van der Waals surface area (Å²) in [5.41, 5.74) is 2.89. The highest BCUT2D eigenvalue weighted by atomic mass is 35.5. The van der Waals surface area contributed by atoms with Gasteiger partial charge in [-0.15, -0.1) is 11.3 Å². The molecule has 0 fully saturated rings. The van der Waals surface area contributed by atoms with Crippen LogP contribution in [-0.2, 0) is 6.42 Å². The van der Waals surface area contributed by atoms with Crippen molar-refractivity contribution in [3.05, 3.63) is 27.7 Å². The maximum absolute atomic E-state index is 5.63. The van der Waals surface area contributed by atoms with Crippen LogP contribution in [-0.4, -0.2) is 4.98 Å². The molecule has 0 saturated heterocycles. The lowest BCUT2D eigenvalue weighted by molar-refractivity contribution is 1.17. The van der Waals surface area contributed by atoms with Gasteiger partial charge in [-0.05, 0) is 6.92 Å². The fraction of sp³-hybridized carbons (Fsp3) is 0.286. The summed E-state index contributed by atoms with van der Waals surface area (Å²) in [5.74, 6) is 0. The highest BCUT2D eigenvalue weighted by Gasteiger charge is 2.00. The summed E-state index contributed by atoms with van der Waals surface area (Å²) >= 11 is 7.25. The van der Waals surface area contributed by atoms with Gasteiger partial charge in [-0.2, -0.15) is 0 Å². The lowest BCUT2D eigenvalue weighted by Gasteiger charge is -1.92. The van der Waals surface area contributed by atoms with E-state index in [1.54, 1.807) is 11.3 Å². The monoisotopic (exact) mass is 173 g/mol. The SMILES string of the molecule is C=C(Cl)Cc1scnc1C. The molecule has 1 rings (SSSR count). The molecule has 0 atom stereocenters. The van der Waals surface area contributed by atoms with Crippen LogP contribution in [0.5, 0.6) is 0 Å². The van der Waals surface area contributed by atoms with Crippen LogP contribution in [0.2, 0.25) is 0 Å². The van der Waals surface area contributed by atoms with Gasteiger partial charge in [-0.3, -0.25) is 0 Å². The Bertz CT molecular complexity index is 242. The van der Waals surface area contributed by atoms with Gasteiger partial charge in [-0.25, -0.2) is 4.98 Å². The van der Waals surface area contributed by atoms with Crippen molar-refractivity contribution in [2.75, 3.05) is 0 Å². The Morgan fingerprint density at radius 1 is 1.90 bits per heavy atom. The van der Waals surface area contributed by atoms with E-state index in [2.05, 4.69) is 11.6 Å². The molecule has 3 heteroatoms. The summed E-state index contributed by atoms with van der Waals surface area (Å²) in [6.07, 6.45) is 0.748. The topological polar surface area (TPSA) is 12.9 Å². The summed E-state index contributed by atoms with van der Waals surface area (Å²) in [7, 11) is 0. The molecule has 0 bridgehead atoms. The first kappa shape index (κ1) is 7.76. The molecular weight excluding hydrogens is 166 g/mol. The maximum Gasteiger partial charge on any atom is 0.0797 e. The predicted octanol–water partition coefficient (Wildman–Crippen LogP) is 2.75. The van der Waals surface area contributed by atoms with Gasteiger partial charge in [0.2, 0.25) is 0 Å². The van der Waals surface area contributed by atoms with Gasteiger partial charge in [0.25, 0.3) is 0 Å². The van der Waals surface area contributed by atoms with Crippen LogP contribution in [0.1, 0.15) is 10.6 Å². The molecule has 0 amide bonds. The third kappa shape index (κ3) is 1.82. The number of rotatable bonds is 2. The third-order valence-corrected chi connectivity index (χ3v) is 2.27. The van der Waals surface area contributed by atoms with Crippen LogP contribution in [0.25, 0.3) is 0 Å². The molecule has 0 spiro atoms. The number of hydrogen-bond donors (Lipinski definition) is 0. The van der Waals surface area contributed by atoms with Gasteiger partial charge >= 0.3 is 0 Å². The lowest BCUT2D eigenvalue weighted by Crippen LogP contribution is -1.82. The summed E-state index contributed by atoms with van der Waals surface area (Å²) in [4.78, 5) is 5.30. The number of aromatic nitrogens is 1. The van der Waals surface area contributed by atoms with Crippen LogP contribution < -0.4 is 0 Å². The molecule has 0 radical (unpaired) electrons. The Morgan fingerprint density at radius 3 is 3.00 bits per heavy atom. The van der Waals surface area contributed by atoms with Gasteiger partial charge < -0.3 is 0 Å². The Morgan fingerprint density at radius 2 is 2.60 bits per heavy atom. The average molecular weight is 174 g/mol. The van der Waals surface area contributed by atoms with E-state index < -0.39 is 0 Å². The Kier molecular flexibility index (Phi) is 2.46. The predicted molar refractivity (Wildman–Crippen MR) is 45.5 cm³/mol. The number of hydrogen-bond acceptors (Lipinski definition) is 2. The maximum atomic E-state index is 5.63. The Balaban J connectivity index is 2.74. The molecule has 54 valence electrons. The highest BCUT2D eigenvalue weighted by molar-refractivity contribution is 7.09. The van der Waals surface area contributed by atoms with E-state index in [0.717, 1.165) is 12.1 Å². The normalized spacial score (nSPS) is 9.80. The molecule has 0 aliphatic carbocycles. The lowest BCUT2D eigenvalue weighted by atomic mass is 10.3. The molecule has 1 heterocycles. The van der Waals surface area contributed by atoms with E-state index in [9.17, 15) is 0 Å². The average Bonchev–Trinajstić information content (AvgIpc) is 2.15. The van der Waals surface area contributed by atoms with E-state index in [1.165, 1.54) is 4.88 Å². The van der Waals surface area contributed by atoms with Gasteiger partial charge in [0.15, 0.2) is 0 Å². The van der Waals surface area contributed by atoms with Crippen molar-refractivity contribution in [3.8, 4) is 0 Å². The van der Waals surface area contributed by atoms with E-state index >= 15 is 0 Å². The van der Waals surface area contributed by atoms with E-state index in [-0.39, 0.29) is 0 Å². The van der Waals surface area contributed by atoms with Crippen molar-refractivity contribution in [1.82, 2.24) is 4.98 Å². The number of nitrogens with zero attached hydrogens (tertiary/aromatic N) is 1. The quantitative estimate of drug-likeness (QED) is 0.670. The first-order valence-corrected chi connectivity index (χ1v) is 4.18. The molecule has 0 N–H and O–H groups in total. The zero-order chi connectivity index (χ0) is 7.56. The summed E-state index contributed by atoms with van der Waals surface area (Å²) in [6.45, 7) is 5.59. The second kappa shape index (κ2) is 3.17. The van der Waals surface area contributed by atoms with E-state index in [1.807, 2.05) is 12.4 Å². The molecule has 0 saturated carbocycles. The minimum absolute atomic E-state index is 0.673. The van der Waals surface area contributed by atoms with Crippen molar-refractivity contribution in [2.45, 2.75) is 13.3 Å².